The topological polar surface area (TPSA) is 81.2 Å². The lowest BCUT2D eigenvalue weighted by Gasteiger charge is -2.15. The number of aryl methyl sites for hydroxylation is 2. The molecule has 0 saturated heterocycles. The minimum atomic E-state index is -4.70. The summed E-state index contributed by atoms with van der Waals surface area (Å²) in [7, 11) is -1.64. The van der Waals surface area contributed by atoms with Crippen LogP contribution in [0.25, 0.3) is 39.4 Å². The van der Waals surface area contributed by atoms with Crippen molar-refractivity contribution in [1.82, 2.24) is 14.5 Å². The number of hydrogen-bond donors (Lipinski definition) is 1. The first-order chi connectivity index (χ1) is 19.8. The summed E-state index contributed by atoms with van der Waals surface area (Å²) >= 11 is 5.86. The average molecular weight is 622 g/mol. The van der Waals surface area contributed by atoms with E-state index < -0.39 is 40.9 Å². The van der Waals surface area contributed by atoms with Gasteiger partial charge < -0.3 is 14.1 Å². The van der Waals surface area contributed by atoms with E-state index in [1.165, 1.54) is 42.0 Å². The maximum atomic E-state index is 15.0. The summed E-state index contributed by atoms with van der Waals surface area (Å²) in [5.74, 6) is -1.17. The summed E-state index contributed by atoms with van der Waals surface area (Å²) in [6.45, 7) is 2.30. The zero-order valence-electron chi connectivity index (χ0n) is 22.2. The molecular weight excluding hydrogens is 601 g/mol. The molecule has 0 bridgehead atoms. The molecule has 0 aliphatic carbocycles. The SMILES string of the molecule is Cc1nc(-c2cc(-c3cc(F)c(CO)c(S(C)=O)c3)ccc2-n2cc(C(F)(F)F)nc2C)c(-c2ccc(Cl)c(F)c2)o1. The molecule has 1 N–H and O–H groups in total. The second kappa shape index (κ2) is 11.1. The van der Waals surface area contributed by atoms with Gasteiger partial charge in [-0.25, -0.2) is 18.7 Å². The van der Waals surface area contributed by atoms with E-state index in [4.69, 9.17) is 16.0 Å². The molecular formula is C29H21ClF5N3O3S. The van der Waals surface area contributed by atoms with Crippen LogP contribution in [-0.4, -0.2) is 30.1 Å². The van der Waals surface area contributed by atoms with E-state index in [-0.39, 0.29) is 55.5 Å². The van der Waals surface area contributed by atoms with Crippen LogP contribution in [0, 0.1) is 25.5 Å². The molecule has 13 heteroatoms. The second-order valence-corrected chi connectivity index (χ2v) is 11.1. The van der Waals surface area contributed by atoms with Gasteiger partial charge in [0, 0.05) is 41.0 Å². The van der Waals surface area contributed by atoms with Gasteiger partial charge in [-0.3, -0.25) is 4.21 Å². The van der Waals surface area contributed by atoms with Gasteiger partial charge in [0.15, 0.2) is 17.3 Å². The monoisotopic (exact) mass is 621 g/mol. The minimum Gasteiger partial charge on any atom is -0.440 e. The minimum absolute atomic E-state index is 0.0256. The highest BCUT2D eigenvalue weighted by Gasteiger charge is 2.35. The van der Waals surface area contributed by atoms with Gasteiger partial charge in [-0.15, -0.1) is 0 Å². The Labute approximate surface area is 243 Å². The first kappa shape index (κ1) is 29.6. The highest BCUT2D eigenvalue weighted by atomic mass is 35.5. The van der Waals surface area contributed by atoms with Crippen LogP contribution in [0.5, 0.6) is 0 Å². The number of aliphatic hydroxyl groups is 1. The number of aliphatic hydroxyl groups excluding tert-OH is 1. The Morgan fingerprint density at radius 3 is 2.29 bits per heavy atom. The number of oxazole rings is 1. The summed E-state index contributed by atoms with van der Waals surface area (Å²) in [5.41, 5.74) is 0.396. The van der Waals surface area contributed by atoms with Gasteiger partial charge in [-0.05, 0) is 60.5 Å². The lowest BCUT2D eigenvalue weighted by Crippen LogP contribution is -2.05. The molecule has 0 fully saturated rings. The molecule has 5 rings (SSSR count). The van der Waals surface area contributed by atoms with Crippen molar-refractivity contribution in [2.45, 2.75) is 31.5 Å². The number of imidazole rings is 1. The highest BCUT2D eigenvalue weighted by molar-refractivity contribution is 7.84. The Bertz CT molecular complexity index is 1870. The number of halogens is 6. The van der Waals surface area contributed by atoms with Gasteiger partial charge in [-0.2, -0.15) is 13.2 Å². The van der Waals surface area contributed by atoms with E-state index in [0.717, 1.165) is 18.3 Å². The van der Waals surface area contributed by atoms with Crippen LogP contribution >= 0.6 is 11.6 Å². The fourth-order valence-electron chi connectivity index (χ4n) is 4.60. The van der Waals surface area contributed by atoms with Crippen LogP contribution < -0.4 is 0 Å². The molecule has 42 heavy (non-hydrogen) atoms. The average Bonchev–Trinajstić information content (AvgIpc) is 3.52. The van der Waals surface area contributed by atoms with Crippen molar-refractivity contribution in [1.29, 1.82) is 0 Å². The van der Waals surface area contributed by atoms with Crippen LogP contribution in [0.1, 0.15) is 23.0 Å². The molecule has 2 heterocycles. The molecule has 1 atom stereocenters. The zero-order chi connectivity index (χ0) is 30.5. The molecule has 5 aromatic rings. The third-order valence-corrected chi connectivity index (χ3v) is 7.85. The van der Waals surface area contributed by atoms with E-state index in [1.807, 2.05) is 0 Å². The van der Waals surface area contributed by atoms with Gasteiger partial charge in [0.25, 0.3) is 0 Å². The Morgan fingerprint density at radius 1 is 0.976 bits per heavy atom. The lowest BCUT2D eigenvalue weighted by atomic mass is 9.97. The fourth-order valence-corrected chi connectivity index (χ4v) is 5.52. The van der Waals surface area contributed by atoms with Crippen molar-refractivity contribution < 1.29 is 35.7 Å². The molecule has 0 amide bonds. The quantitative estimate of drug-likeness (QED) is 0.197. The van der Waals surface area contributed by atoms with Gasteiger partial charge in [0.2, 0.25) is 0 Å². The summed E-state index contributed by atoms with van der Waals surface area (Å²) in [6.07, 6.45) is -2.51. The summed E-state index contributed by atoms with van der Waals surface area (Å²) in [4.78, 5) is 8.23. The molecule has 0 saturated carbocycles. The molecule has 0 aliphatic heterocycles. The van der Waals surface area contributed by atoms with E-state index in [1.54, 1.807) is 19.1 Å². The van der Waals surface area contributed by atoms with Crippen LogP contribution in [0.4, 0.5) is 22.0 Å². The first-order valence-electron chi connectivity index (χ1n) is 12.3. The number of aromatic nitrogens is 3. The van der Waals surface area contributed by atoms with E-state index in [2.05, 4.69) is 9.97 Å². The smallest absolute Gasteiger partial charge is 0.434 e. The predicted octanol–water partition coefficient (Wildman–Crippen LogP) is 7.66. The van der Waals surface area contributed by atoms with E-state index in [9.17, 15) is 31.3 Å². The van der Waals surface area contributed by atoms with Crippen LogP contribution in [-0.2, 0) is 23.6 Å². The largest absolute Gasteiger partial charge is 0.440 e. The Kier molecular flexibility index (Phi) is 7.82. The van der Waals surface area contributed by atoms with Gasteiger partial charge in [0.05, 0.1) is 28.1 Å². The molecule has 3 aromatic carbocycles. The molecule has 6 nitrogen and oxygen atoms in total. The maximum absolute atomic E-state index is 15.0. The summed E-state index contributed by atoms with van der Waals surface area (Å²) < 4.78 is 89.4. The number of hydrogen-bond acceptors (Lipinski definition) is 5. The third kappa shape index (κ3) is 5.49. The van der Waals surface area contributed by atoms with Crippen molar-refractivity contribution in [2.75, 3.05) is 6.26 Å². The van der Waals surface area contributed by atoms with Gasteiger partial charge in [0.1, 0.15) is 23.2 Å². The van der Waals surface area contributed by atoms with E-state index >= 15 is 0 Å². The molecule has 0 spiro atoms. The second-order valence-electron chi connectivity index (χ2n) is 9.36. The van der Waals surface area contributed by atoms with Crippen molar-refractivity contribution in [3.63, 3.8) is 0 Å². The number of nitrogens with zero attached hydrogens (tertiary/aromatic N) is 3. The van der Waals surface area contributed by atoms with Crippen LogP contribution in [0.2, 0.25) is 5.02 Å². The Morgan fingerprint density at radius 2 is 1.67 bits per heavy atom. The normalized spacial score (nSPS) is 12.6. The van der Waals surface area contributed by atoms with Crippen LogP contribution in [0.15, 0.2) is 64.0 Å². The van der Waals surface area contributed by atoms with Crippen molar-refractivity contribution in [3.05, 3.63) is 94.4 Å². The Balaban J connectivity index is 1.80. The zero-order valence-corrected chi connectivity index (χ0v) is 23.8. The number of rotatable bonds is 6. The number of alkyl halides is 3. The van der Waals surface area contributed by atoms with E-state index in [0.29, 0.717) is 11.1 Å². The summed E-state index contributed by atoms with van der Waals surface area (Å²) in [6, 6.07) is 11.2. The fraction of sp³-hybridized carbons (Fsp3) is 0.172. The Hall–Kier alpha value is -3.87. The highest BCUT2D eigenvalue weighted by Crippen LogP contribution is 2.40. The van der Waals surface area contributed by atoms with Crippen molar-refractivity contribution >= 4 is 22.4 Å². The molecule has 1 unspecified atom stereocenters. The lowest BCUT2D eigenvalue weighted by molar-refractivity contribution is -0.141. The molecule has 0 aliphatic rings. The molecule has 0 radical (unpaired) electrons. The van der Waals surface area contributed by atoms with Crippen LogP contribution in [0.3, 0.4) is 0 Å². The van der Waals surface area contributed by atoms with Gasteiger partial charge in [-0.1, -0.05) is 17.7 Å². The predicted molar refractivity (Wildman–Crippen MR) is 148 cm³/mol. The molecule has 2 aromatic heterocycles. The maximum Gasteiger partial charge on any atom is 0.434 e. The number of benzene rings is 3. The third-order valence-electron chi connectivity index (χ3n) is 6.56. The molecule has 218 valence electrons. The first-order valence-corrected chi connectivity index (χ1v) is 14.2. The van der Waals surface area contributed by atoms with Crippen molar-refractivity contribution in [2.24, 2.45) is 0 Å². The standard InChI is InChI=1S/C29H21ClF5N3O3S/c1-14-36-26(29(33,34)35)12-38(14)24-7-5-16(18-10-22(31)20(13-39)25(11-18)42(3)40)8-19(24)27-28(41-15(2)37-27)17-4-6-21(30)23(32)9-17/h4-12,39H,13H2,1-3H3. The van der Waals surface area contributed by atoms with Gasteiger partial charge >= 0.3 is 6.18 Å². The summed E-state index contributed by atoms with van der Waals surface area (Å²) in [5, 5.41) is 9.49. The van der Waals surface area contributed by atoms with Crippen molar-refractivity contribution in [3.8, 4) is 39.4 Å².